The Morgan fingerprint density at radius 2 is 1.89 bits per heavy atom. The Morgan fingerprint density at radius 3 is 2.48 bits per heavy atom. The molecule has 0 aliphatic carbocycles. The molecule has 3 rings (SSSR count). The largest absolute Gasteiger partial charge is 0.295 e. The van der Waals surface area contributed by atoms with E-state index in [0.29, 0.717) is 23.1 Å². The molecular weight excluding hydrogens is 343 g/mol. The molecule has 0 unspecified atom stereocenters. The number of para-hydroxylation sites is 1. The lowest BCUT2D eigenvalue weighted by Crippen LogP contribution is -2.25. The number of allylic oxidation sites excluding steroid dienone is 1. The van der Waals surface area contributed by atoms with Gasteiger partial charge >= 0.3 is 0 Å². The Balaban J connectivity index is 2.38. The quantitative estimate of drug-likeness (QED) is 0.649. The Hall–Kier alpha value is -3.08. The Labute approximate surface area is 157 Å². The van der Waals surface area contributed by atoms with Crippen LogP contribution in [0.5, 0.6) is 0 Å². The highest BCUT2D eigenvalue weighted by atomic mass is 19.1. The molecule has 0 spiro atoms. The Morgan fingerprint density at radius 1 is 1.22 bits per heavy atom. The van der Waals surface area contributed by atoms with Crippen molar-refractivity contribution in [1.82, 2.24) is 9.55 Å². The summed E-state index contributed by atoms with van der Waals surface area (Å²) in [5.74, 6) is -0.128. The maximum absolute atomic E-state index is 14.4. The summed E-state index contributed by atoms with van der Waals surface area (Å²) in [6.07, 6.45) is 3.20. The van der Waals surface area contributed by atoms with Crippen molar-refractivity contribution >= 4 is 22.8 Å². The van der Waals surface area contributed by atoms with Crippen LogP contribution in [0.1, 0.15) is 36.4 Å². The van der Waals surface area contributed by atoms with Gasteiger partial charge in [-0.2, -0.15) is 0 Å². The highest BCUT2D eigenvalue weighted by Gasteiger charge is 2.16. The molecule has 0 amide bonds. The summed E-state index contributed by atoms with van der Waals surface area (Å²) in [5.41, 5.74) is 3.00. The lowest BCUT2D eigenvalue weighted by Gasteiger charge is -2.17. The molecular formula is C22H21FN2O2. The van der Waals surface area contributed by atoms with E-state index < -0.39 is 5.82 Å². The SMILES string of the molecule is CCc1nc2cc(F)c(/C=C/C(C)=O)cc2c(=O)n1-c1c(C)cccc1C. The third-order valence-corrected chi connectivity index (χ3v) is 4.53. The van der Waals surface area contributed by atoms with E-state index in [0.717, 1.165) is 16.8 Å². The predicted octanol–water partition coefficient (Wildman–Crippen LogP) is 4.31. The summed E-state index contributed by atoms with van der Waals surface area (Å²) in [6.45, 7) is 7.20. The van der Waals surface area contributed by atoms with Gasteiger partial charge in [0.2, 0.25) is 0 Å². The van der Waals surface area contributed by atoms with Crippen LogP contribution in [0.3, 0.4) is 0 Å². The zero-order valence-corrected chi connectivity index (χ0v) is 15.8. The maximum Gasteiger partial charge on any atom is 0.266 e. The van der Waals surface area contributed by atoms with E-state index in [1.165, 1.54) is 31.2 Å². The van der Waals surface area contributed by atoms with Gasteiger partial charge in [0.05, 0.1) is 16.6 Å². The number of ketones is 1. The van der Waals surface area contributed by atoms with Crippen LogP contribution in [0.4, 0.5) is 4.39 Å². The minimum Gasteiger partial charge on any atom is -0.295 e. The highest BCUT2D eigenvalue weighted by Crippen LogP contribution is 2.22. The molecule has 4 nitrogen and oxygen atoms in total. The molecule has 0 N–H and O–H groups in total. The summed E-state index contributed by atoms with van der Waals surface area (Å²) < 4.78 is 16.0. The third kappa shape index (κ3) is 3.45. The van der Waals surface area contributed by atoms with Crippen LogP contribution < -0.4 is 5.56 Å². The number of aryl methyl sites for hydroxylation is 3. The van der Waals surface area contributed by atoms with Gasteiger partial charge in [0.1, 0.15) is 11.6 Å². The molecule has 0 aliphatic rings. The molecule has 0 aliphatic heterocycles. The predicted molar refractivity (Wildman–Crippen MR) is 106 cm³/mol. The Bertz CT molecular complexity index is 1120. The van der Waals surface area contributed by atoms with Crippen LogP contribution >= 0.6 is 0 Å². The molecule has 138 valence electrons. The monoisotopic (exact) mass is 364 g/mol. The molecule has 0 radical (unpaired) electrons. The van der Waals surface area contributed by atoms with Crippen LogP contribution in [0.2, 0.25) is 0 Å². The number of rotatable bonds is 4. The average Bonchev–Trinajstić information content (AvgIpc) is 2.61. The lowest BCUT2D eigenvalue weighted by atomic mass is 10.1. The van der Waals surface area contributed by atoms with Gasteiger partial charge in [-0.1, -0.05) is 25.1 Å². The molecule has 3 aromatic rings. The molecule has 2 aromatic carbocycles. The second-order valence-corrected chi connectivity index (χ2v) is 6.60. The summed E-state index contributed by atoms with van der Waals surface area (Å²) in [6, 6.07) is 8.56. The normalized spacial score (nSPS) is 11.4. The summed E-state index contributed by atoms with van der Waals surface area (Å²) in [4.78, 5) is 29.0. The van der Waals surface area contributed by atoms with E-state index in [2.05, 4.69) is 4.98 Å². The fourth-order valence-electron chi connectivity index (χ4n) is 3.23. The first-order valence-electron chi connectivity index (χ1n) is 8.84. The fraction of sp³-hybridized carbons (Fsp3) is 0.227. The van der Waals surface area contributed by atoms with Gasteiger partial charge < -0.3 is 0 Å². The average molecular weight is 364 g/mol. The van der Waals surface area contributed by atoms with E-state index in [1.54, 1.807) is 4.57 Å². The number of carbonyl (C=O) groups excluding carboxylic acids is 1. The van der Waals surface area contributed by atoms with Crippen LogP contribution in [0.25, 0.3) is 22.7 Å². The number of nitrogens with zero attached hydrogens (tertiary/aromatic N) is 2. The zero-order valence-electron chi connectivity index (χ0n) is 15.8. The van der Waals surface area contributed by atoms with Crippen molar-refractivity contribution in [3.63, 3.8) is 0 Å². The van der Waals surface area contributed by atoms with E-state index in [9.17, 15) is 14.0 Å². The van der Waals surface area contributed by atoms with Gasteiger partial charge in [0.15, 0.2) is 5.78 Å². The molecule has 1 aromatic heterocycles. The van der Waals surface area contributed by atoms with Gasteiger partial charge in [-0.3, -0.25) is 14.2 Å². The topological polar surface area (TPSA) is 52.0 Å². The lowest BCUT2D eigenvalue weighted by molar-refractivity contribution is -0.112. The summed E-state index contributed by atoms with van der Waals surface area (Å²) in [5, 5.41) is 0.319. The van der Waals surface area contributed by atoms with Crippen LogP contribution in [-0.2, 0) is 11.2 Å². The molecule has 5 heteroatoms. The number of hydrogen-bond donors (Lipinski definition) is 0. The molecule has 0 fully saturated rings. The van der Waals surface area contributed by atoms with Crippen molar-refractivity contribution in [3.05, 3.63) is 75.1 Å². The highest BCUT2D eigenvalue weighted by molar-refractivity contribution is 5.92. The molecule has 0 bridgehead atoms. The number of benzene rings is 2. The van der Waals surface area contributed by atoms with Crippen molar-refractivity contribution in [2.45, 2.75) is 34.1 Å². The van der Waals surface area contributed by atoms with E-state index in [-0.39, 0.29) is 16.9 Å². The summed E-state index contributed by atoms with van der Waals surface area (Å²) in [7, 11) is 0. The number of carbonyl (C=O) groups is 1. The summed E-state index contributed by atoms with van der Waals surface area (Å²) >= 11 is 0. The molecule has 27 heavy (non-hydrogen) atoms. The van der Waals surface area contributed by atoms with Crippen molar-refractivity contribution < 1.29 is 9.18 Å². The second-order valence-electron chi connectivity index (χ2n) is 6.60. The van der Waals surface area contributed by atoms with E-state index >= 15 is 0 Å². The van der Waals surface area contributed by atoms with E-state index in [1.807, 2.05) is 39.0 Å². The fourth-order valence-corrected chi connectivity index (χ4v) is 3.23. The Kier molecular flexibility index (Phi) is 5.04. The first-order valence-corrected chi connectivity index (χ1v) is 8.84. The maximum atomic E-state index is 14.4. The third-order valence-electron chi connectivity index (χ3n) is 4.53. The van der Waals surface area contributed by atoms with Gasteiger partial charge in [-0.05, 0) is 50.1 Å². The van der Waals surface area contributed by atoms with Crippen LogP contribution in [0, 0.1) is 19.7 Å². The van der Waals surface area contributed by atoms with Crippen LogP contribution in [-0.4, -0.2) is 15.3 Å². The minimum atomic E-state index is -0.515. The number of hydrogen-bond acceptors (Lipinski definition) is 3. The number of halogens is 1. The minimum absolute atomic E-state index is 0.189. The van der Waals surface area contributed by atoms with Crippen molar-refractivity contribution in [2.75, 3.05) is 0 Å². The molecule has 0 saturated heterocycles. The van der Waals surface area contributed by atoms with Crippen molar-refractivity contribution in [2.24, 2.45) is 0 Å². The smallest absolute Gasteiger partial charge is 0.266 e. The van der Waals surface area contributed by atoms with E-state index in [4.69, 9.17) is 0 Å². The van der Waals surface area contributed by atoms with Crippen LogP contribution in [0.15, 0.2) is 41.2 Å². The van der Waals surface area contributed by atoms with Crippen molar-refractivity contribution in [1.29, 1.82) is 0 Å². The van der Waals surface area contributed by atoms with Gasteiger partial charge in [-0.25, -0.2) is 9.37 Å². The zero-order chi connectivity index (χ0) is 19.7. The molecule has 0 saturated carbocycles. The number of aromatic nitrogens is 2. The number of fused-ring (bicyclic) bond motifs is 1. The molecule has 1 heterocycles. The van der Waals surface area contributed by atoms with Gasteiger partial charge in [0, 0.05) is 18.1 Å². The standard InChI is InChI=1S/C22H21FN2O2/c1-5-20-24-19-12-18(23)16(10-9-15(4)26)11-17(19)22(27)25(20)21-13(2)7-6-8-14(21)3/h6-12H,5H2,1-4H3/b10-9+. The first-order chi connectivity index (χ1) is 12.8. The van der Waals surface area contributed by atoms with Gasteiger partial charge in [-0.15, -0.1) is 0 Å². The first kappa shape index (κ1) is 18.7. The van der Waals surface area contributed by atoms with Crippen molar-refractivity contribution in [3.8, 4) is 5.69 Å². The van der Waals surface area contributed by atoms with Gasteiger partial charge in [0.25, 0.3) is 5.56 Å². The second kappa shape index (κ2) is 7.27. The molecule has 0 atom stereocenters.